The number of piperidine rings is 1. The minimum Gasteiger partial charge on any atom is -0.480 e. The quantitative estimate of drug-likeness (QED) is 0.560. The second-order valence-electron chi connectivity index (χ2n) is 7.67. The molecule has 0 bridgehead atoms. The summed E-state index contributed by atoms with van der Waals surface area (Å²) in [5, 5.41) is 23.3. The van der Waals surface area contributed by atoms with E-state index in [1.165, 1.54) is 12.1 Å². The fraction of sp³-hybridized carbons (Fsp3) is 0.579. The minimum absolute atomic E-state index is 0.109. The van der Waals surface area contributed by atoms with Crippen LogP contribution in [-0.2, 0) is 4.79 Å². The maximum Gasteiger partial charge on any atom is 0.326 e. The lowest BCUT2D eigenvalue weighted by atomic mass is 9.98. The molecular weight excluding hydrogens is 350 g/mol. The van der Waals surface area contributed by atoms with Gasteiger partial charge in [-0.25, -0.2) is 4.79 Å². The zero-order valence-electron chi connectivity index (χ0n) is 15.4. The van der Waals surface area contributed by atoms with Crippen LogP contribution in [0.25, 0.3) is 0 Å². The van der Waals surface area contributed by atoms with Crippen LogP contribution in [0.4, 0.5) is 11.4 Å². The molecule has 1 saturated carbocycles. The average molecular weight is 375 g/mol. The van der Waals surface area contributed by atoms with E-state index in [0.29, 0.717) is 23.9 Å². The number of aliphatic carboxylic acids is 1. The SMILES string of the molecule is CC1CCN(c2ccc(C(=O)NC(CC3CC3)C(=O)O)cc2[N+](=O)[O-])CC1. The van der Waals surface area contributed by atoms with Crippen LogP contribution < -0.4 is 10.2 Å². The molecular formula is C19H25N3O5. The first kappa shape index (κ1) is 19.1. The van der Waals surface area contributed by atoms with Crippen molar-refractivity contribution in [1.82, 2.24) is 5.32 Å². The number of carbonyl (C=O) groups is 2. The standard InChI is InChI=1S/C19H25N3O5/c1-12-6-8-21(9-7-12)16-5-4-14(11-17(16)22(26)27)18(23)20-15(19(24)25)10-13-2-3-13/h4-5,11-13,15H,2-3,6-10H2,1H3,(H,20,23)(H,24,25). The van der Waals surface area contributed by atoms with E-state index in [0.717, 1.165) is 38.8 Å². The monoisotopic (exact) mass is 375 g/mol. The summed E-state index contributed by atoms with van der Waals surface area (Å²) in [5.74, 6) is -0.733. The van der Waals surface area contributed by atoms with Crippen LogP contribution in [0.1, 0.15) is 49.4 Å². The number of nitro groups is 1. The third kappa shape index (κ3) is 4.75. The van der Waals surface area contributed by atoms with E-state index in [2.05, 4.69) is 12.2 Å². The summed E-state index contributed by atoms with van der Waals surface area (Å²) in [7, 11) is 0. The van der Waals surface area contributed by atoms with Gasteiger partial charge in [-0.1, -0.05) is 19.8 Å². The summed E-state index contributed by atoms with van der Waals surface area (Å²) >= 11 is 0. The Morgan fingerprint density at radius 3 is 2.52 bits per heavy atom. The molecule has 8 nitrogen and oxygen atoms in total. The highest BCUT2D eigenvalue weighted by Crippen LogP contribution is 2.34. The first-order valence-electron chi connectivity index (χ1n) is 9.42. The molecule has 1 aromatic rings. The van der Waals surface area contributed by atoms with Crippen LogP contribution in [0, 0.1) is 22.0 Å². The van der Waals surface area contributed by atoms with Crippen molar-refractivity contribution in [3.05, 3.63) is 33.9 Å². The average Bonchev–Trinajstić information content (AvgIpc) is 3.45. The highest BCUT2D eigenvalue weighted by Gasteiger charge is 2.31. The molecule has 1 atom stereocenters. The van der Waals surface area contributed by atoms with Crippen molar-refractivity contribution in [1.29, 1.82) is 0 Å². The smallest absolute Gasteiger partial charge is 0.326 e. The van der Waals surface area contributed by atoms with Gasteiger partial charge in [0.1, 0.15) is 11.7 Å². The van der Waals surface area contributed by atoms with Crippen molar-refractivity contribution in [3.63, 3.8) is 0 Å². The van der Waals surface area contributed by atoms with Crippen LogP contribution >= 0.6 is 0 Å². The molecule has 146 valence electrons. The minimum atomic E-state index is -1.08. The number of nitro benzene ring substituents is 1. The third-order valence-corrected chi connectivity index (χ3v) is 5.43. The summed E-state index contributed by atoms with van der Waals surface area (Å²) in [6.07, 6.45) is 4.30. The van der Waals surface area contributed by atoms with Gasteiger partial charge in [-0.2, -0.15) is 0 Å². The Morgan fingerprint density at radius 2 is 1.96 bits per heavy atom. The Hall–Kier alpha value is -2.64. The highest BCUT2D eigenvalue weighted by atomic mass is 16.6. The number of rotatable bonds is 7. The van der Waals surface area contributed by atoms with Gasteiger partial charge in [0.25, 0.3) is 11.6 Å². The number of carboxylic acid groups (broad SMARTS) is 1. The summed E-state index contributed by atoms with van der Waals surface area (Å²) in [6.45, 7) is 3.66. The molecule has 2 N–H and O–H groups in total. The van der Waals surface area contributed by atoms with Crippen LogP contribution in [0.15, 0.2) is 18.2 Å². The molecule has 8 heteroatoms. The molecule has 1 unspecified atom stereocenters. The Balaban J connectivity index is 1.77. The maximum absolute atomic E-state index is 12.5. The predicted molar refractivity (Wildman–Crippen MR) is 99.9 cm³/mol. The first-order chi connectivity index (χ1) is 12.8. The fourth-order valence-corrected chi connectivity index (χ4v) is 3.48. The number of anilines is 1. The lowest BCUT2D eigenvalue weighted by molar-refractivity contribution is -0.384. The molecule has 1 aliphatic carbocycles. The number of hydrogen-bond acceptors (Lipinski definition) is 5. The van der Waals surface area contributed by atoms with Gasteiger partial charge >= 0.3 is 5.97 Å². The number of carboxylic acids is 1. The van der Waals surface area contributed by atoms with Gasteiger partial charge in [0.05, 0.1) is 4.92 Å². The van der Waals surface area contributed by atoms with E-state index in [4.69, 9.17) is 0 Å². The molecule has 1 saturated heterocycles. The molecule has 0 radical (unpaired) electrons. The largest absolute Gasteiger partial charge is 0.480 e. The Bertz CT molecular complexity index is 739. The predicted octanol–water partition coefficient (Wildman–Crippen LogP) is 2.81. The maximum atomic E-state index is 12.5. The number of nitrogens with one attached hydrogen (secondary N) is 1. The number of amides is 1. The molecule has 0 aromatic heterocycles. The van der Waals surface area contributed by atoms with Crippen molar-refractivity contribution in [2.24, 2.45) is 11.8 Å². The summed E-state index contributed by atoms with van der Waals surface area (Å²) in [6, 6.07) is 3.41. The lowest BCUT2D eigenvalue weighted by Gasteiger charge is -2.31. The van der Waals surface area contributed by atoms with Gasteiger partial charge in [-0.15, -0.1) is 0 Å². The summed E-state index contributed by atoms with van der Waals surface area (Å²) in [5.41, 5.74) is 0.500. The van der Waals surface area contributed by atoms with Crippen LogP contribution in [0.2, 0.25) is 0 Å². The van der Waals surface area contributed by atoms with Crippen LogP contribution in [0.5, 0.6) is 0 Å². The van der Waals surface area contributed by atoms with E-state index in [9.17, 15) is 24.8 Å². The number of benzene rings is 1. The van der Waals surface area contributed by atoms with Gasteiger partial charge in [-0.05, 0) is 43.2 Å². The van der Waals surface area contributed by atoms with Crippen molar-refractivity contribution < 1.29 is 19.6 Å². The third-order valence-electron chi connectivity index (χ3n) is 5.43. The van der Waals surface area contributed by atoms with Crippen LogP contribution in [0.3, 0.4) is 0 Å². The zero-order valence-corrected chi connectivity index (χ0v) is 15.4. The van der Waals surface area contributed by atoms with Crippen molar-refractivity contribution >= 4 is 23.3 Å². The Labute approximate surface area is 157 Å². The fourth-order valence-electron chi connectivity index (χ4n) is 3.48. The molecule has 0 spiro atoms. The normalized spacial score (nSPS) is 18.8. The summed E-state index contributed by atoms with van der Waals surface area (Å²) < 4.78 is 0. The molecule has 3 rings (SSSR count). The van der Waals surface area contributed by atoms with E-state index in [-0.39, 0.29) is 11.3 Å². The second kappa shape index (κ2) is 7.94. The summed E-state index contributed by atoms with van der Waals surface area (Å²) in [4.78, 5) is 36.9. The molecule has 1 aromatic carbocycles. The van der Waals surface area contributed by atoms with Crippen molar-refractivity contribution in [2.75, 3.05) is 18.0 Å². The van der Waals surface area contributed by atoms with E-state index < -0.39 is 22.8 Å². The number of carbonyl (C=O) groups excluding carboxylic acids is 1. The molecule has 1 amide bonds. The molecule has 1 aliphatic heterocycles. The first-order valence-corrected chi connectivity index (χ1v) is 9.42. The van der Waals surface area contributed by atoms with Gasteiger partial charge in [0, 0.05) is 24.7 Å². The second-order valence-corrected chi connectivity index (χ2v) is 7.67. The van der Waals surface area contributed by atoms with Crippen molar-refractivity contribution in [3.8, 4) is 0 Å². The van der Waals surface area contributed by atoms with Crippen LogP contribution in [-0.4, -0.2) is 41.0 Å². The van der Waals surface area contributed by atoms with Gasteiger partial charge < -0.3 is 15.3 Å². The van der Waals surface area contributed by atoms with E-state index >= 15 is 0 Å². The molecule has 2 aliphatic rings. The number of hydrogen-bond donors (Lipinski definition) is 2. The zero-order chi connectivity index (χ0) is 19.6. The van der Waals surface area contributed by atoms with Crippen molar-refractivity contribution in [2.45, 2.75) is 45.1 Å². The molecule has 27 heavy (non-hydrogen) atoms. The Kier molecular flexibility index (Phi) is 5.62. The van der Waals surface area contributed by atoms with E-state index in [1.807, 2.05) is 4.90 Å². The molecule has 2 fully saturated rings. The van der Waals surface area contributed by atoms with Gasteiger partial charge in [-0.3, -0.25) is 14.9 Å². The van der Waals surface area contributed by atoms with Gasteiger partial charge in [0.15, 0.2) is 0 Å². The molecule has 1 heterocycles. The number of nitrogens with zero attached hydrogens (tertiary/aromatic N) is 2. The van der Waals surface area contributed by atoms with E-state index in [1.54, 1.807) is 6.07 Å². The Morgan fingerprint density at radius 1 is 1.30 bits per heavy atom. The lowest BCUT2D eigenvalue weighted by Crippen LogP contribution is -2.41. The highest BCUT2D eigenvalue weighted by molar-refractivity contribution is 5.97. The topological polar surface area (TPSA) is 113 Å². The van der Waals surface area contributed by atoms with Gasteiger partial charge in [0.2, 0.25) is 0 Å².